The summed E-state index contributed by atoms with van der Waals surface area (Å²) in [7, 11) is -4.12. The predicted molar refractivity (Wildman–Crippen MR) is 265 cm³/mol. The lowest BCUT2D eigenvalue weighted by molar-refractivity contribution is -0.167. The van der Waals surface area contributed by atoms with Crippen LogP contribution in [0, 0.1) is 92.7 Å². The molecule has 0 radical (unpaired) electrons. The second kappa shape index (κ2) is 20.6. The number of nitrogens with one attached hydrogen (secondary N) is 3. The minimum atomic E-state index is -4.12. The Balaban J connectivity index is 0.760. The third-order valence-electron chi connectivity index (χ3n) is 22.7. The van der Waals surface area contributed by atoms with Gasteiger partial charge in [0.2, 0.25) is 17.7 Å². The molecular weight excluding hydrogens is 895 g/mol. The fourth-order valence-corrected chi connectivity index (χ4v) is 19.5. The molecule has 0 spiro atoms. The molecule has 8 fully saturated rings. The van der Waals surface area contributed by atoms with Gasteiger partial charge in [-0.2, -0.15) is 8.42 Å². The van der Waals surface area contributed by atoms with Crippen molar-refractivity contribution >= 4 is 33.8 Å². The molecule has 8 rings (SSSR count). The van der Waals surface area contributed by atoms with Gasteiger partial charge in [0, 0.05) is 44.3 Å². The largest absolute Gasteiger partial charge is 0.481 e. The van der Waals surface area contributed by atoms with Crippen molar-refractivity contribution < 1.29 is 47.5 Å². The molecule has 3 amide bonds. The third kappa shape index (κ3) is 10.6. The van der Waals surface area contributed by atoms with Crippen LogP contribution in [0.15, 0.2) is 0 Å². The number of fused-ring (bicyclic) bond motifs is 10. The molecule has 0 saturated heterocycles. The normalized spacial score (nSPS) is 44.4. The van der Waals surface area contributed by atoms with Crippen LogP contribution < -0.4 is 16.0 Å². The van der Waals surface area contributed by atoms with Gasteiger partial charge in [-0.3, -0.25) is 23.7 Å². The first-order chi connectivity index (χ1) is 32.5. The van der Waals surface area contributed by atoms with E-state index in [0.29, 0.717) is 90.8 Å². The van der Waals surface area contributed by atoms with E-state index in [0.717, 1.165) is 116 Å². The maximum Gasteiger partial charge on any atom is 0.303 e. The summed E-state index contributed by atoms with van der Waals surface area (Å²) in [5.41, 5.74) is 0.513. The van der Waals surface area contributed by atoms with Gasteiger partial charge in [0.05, 0.1) is 18.0 Å². The number of amides is 3. The van der Waals surface area contributed by atoms with Crippen molar-refractivity contribution in [3.63, 3.8) is 0 Å². The van der Waals surface area contributed by atoms with Crippen molar-refractivity contribution in [3.8, 4) is 0 Å². The minimum absolute atomic E-state index is 0.00633. The van der Waals surface area contributed by atoms with Crippen LogP contribution in [-0.4, -0.2) is 88.6 Å². The zero-order valence-corrected chi connectivity index (χ0v) is 43.9. The Labute approximate surface area is 414 Å². The Morgan fingerprint density at radius 1 is 0.565 bits per heavy atom. The molecule has 0 aliphatic heterocycles. The Morgan fingerprint density at radius 2 is 0.986 bits per heavy atom. The van der Waals surface area contributed by atoms with Gasteiger partial charge in [-0.25, -0.2) is 0 Å². The lowest BCUT2D eigenvalue weighted by atomic mass is 9.43. The zero-order valence-electron chi connectivity index (χ0n) is 43.1. The van der Waals surface area contributed by atoms with Gasteiger partial charge in [-0.05, 0) is 215 Å². The summed E-state index contributed by atoms with van der Waals surface area (Å²) >= 11 is 0. The topological polar surface area (TPSA) is 219 Å². The second-order valence-corrected chi connectivity index (χ2v) is 27.6. The summed E-state index contributed by atoms with van der Waals surface area (Å²) < 4.78 is 31.1. The Morgan fingerprint density at radius 3 is 1.42 bits per heavy atom. The first kappa shape index (κ1) is 53.0. The van der Waals surface area contributed by atoms with Crippen molar-refractivity contribution in [3.05, 3.63) is 0 Å². The van der Waals surface area contributed by atoms with Gasteiger partial charge >= 0.3 is 5.97 Å². The van der Waals surface area contributed by atoms with Crippen LogP contribution in [0.25, 0.3) is 0 Å². The highest BCUT2D eigenvalue weighted by molar-refractivity contribution is 7.85. The smallest absolute Gasteiger partial charge is 0.303 e. The molecule has 20 atom stereocenters. The molecular formula is C55H91N3O10S. The average Bonchev–Trinajstić information content (AvgIpc) is 3.82. The molecule has 2 unspecified atom stereocenters. The van der Waals surface area contributed by atoms with Crippen molar-refractivity contribution in [2.45, 2.75) is 214 Å². The fourth-order valence-electron chi connectivity index (χ4n) is 19.2. The van der Waals surface area contributed by atoms with Gasteiger partial charge in [0.15, 0.2) is 0 Å². The van der Waals surface area contributed by atoms with E-state index in [1.54, 1.807) is 0 Å². The molecule has 0 aromatic heterocycles. The van der Waals surface area contributed by atoms with E-state index in [1.807, 2.05) is 0 Å². The number of aliphatic hydroxyl groups is 2. The van der Waals surface area contributed by atoms with E-state index < -0.39 is 21.8 Å². The molecule has 7 N–H and O–H groups in total. The molecule has 0 bridgehead atoms. The summed E-state index contributed by atoms with van der Waals surface area (Å²) in [4.78, 5) is 50.6. The fraction of sp³-hybridized carbons (Fsp3) is 0.927. The number of aliphatic hydroxyl groups excluding tert-OH is 2. The van der Waals surface area contributed by atoms with E-state index >= 15 is 0 Å². The van der Waals surface area contributed by atoms with E-state index in [4.69, 9.17) is 4.55 Å². The van der Waals surface area contributed by atoms with Crippen LogP contribution >= 0.6 is 0 Å². The number of hydrogen-bond donors (Lipinski definition) is 7. The van der Waals surface area contributed by atoms with Gasteiger partial charge in [0.25, 0.3) is 10.1 Å². The standard InChI is InChI=1S/C55H91N3O10S/c1-32(10-16-46(61)56-26-27-69(66,67)68)38-12-14-40-50-42(20-24-54(38,40)5)52(3)22-18-36(28-34(52)30-44(50)59)57-47(62)8-7-9-48(63)58-37-19-23-53(4)35(29-37)31-45(60)51-41-15-13-39(33(2)11-17-49(64)65)55(41,6)25-21-43(51)53/h32-45,50-51,59-60H,7-31H2,1-6H3,(H,56,61)(H,57,62)(H,58,63)(H,64,65)(H,66,67,68)/t32-,33-,34?,35?,36-,37-,38-,39-,40+,41+,42+,43+,44+,45+,50+,51+,52+,53+,54-,55-/m1/s1. The van der Waals surface area contributed by atoms with Crippen molar-refractivity contribution in [2.75, 3.05) is 12.3 Å². The van der Waals surface area contributed by atoms with Crippen LogP contribution in [-0.2, 0) is 29.3 Å². The lowest BCUT2D eigenvalue weighted by Crippen LogP contribution is -2.59. The van der Waals surface area contributed by atoms with Crippen molar-refractivity contribution in [1.29, 1.82) is 0 Å². The SMILES string of the molecule is C[C@H](CCC(=O)O)[C@H]1CC[C@H]2[C@@H]3[C@@H](O)CC4C[C@H](NC(=O)CCCC(=O)N[C@@H]5CC[C@@]6(C)C(C5)C[C@H](O)[C@H]5[C@@H]7CC[C@H]([C@H](C)CCC(=O)NCCS(=O)(=O)O)[C@@]7(C)CC[C@@H]56)CC[C@]4(C)[C@H]3CC[C@]12C. The number of carbonyl (C=O) groups excluding carboxylic acids is 3. The first-order valence-corrected chi connectivity index (χ1v) is 29.5. The van der Waals surface area contributed by atoms with E-state index in [2.05, 4.69) is 57.5 Å². The van der Waals surface area contributed by atoms with Crippen LogP contribution in [0.3, 0.4) is 0 Å². The number of carbonyl (C=O) groups is 4. The highest BCUT2D eigenvalue weighted by Gasteiger charge is 2.65. The van der Waals surface area contributed by atoms with Crippen LogP contribution in [0.4, 0.5) is 0 Å². The van der Waals surface area contributed by atoms with Crippen LogP contribution in [0.5, 0.6) is 0 Å². The monoisotopic (exact) mass is 986 g/mol. The predicted octanol–water partition coefficient (Wildman–Crippen LogP) is 8.31. The second-order valence-electron chi connectivity index (χ2n) is 26.0. The molecule has 0 heterocycles. The zero-order chi connectivity index (χ0) is 49.8. The van der Waals surface area contributed by atoms with Crippen molar-refractivity contribution in [1.82, 2.24) is 16.0 Å². The van der Waals surface area contributed by atoms with Gasteiger partial charge < -0.3 is 31.3 Å². The van der Waals surface area contributed by atoms with Crippen LogP contribution in [0.1, 0.15) is 189 Å². The van der Waals surface area contributed by atoms with Gasteiger partial charge in [0.1, 0.15) is 0 Å². The summed E-state index contributed by atoms with van der Waals surface area (Å²) in [6.07, 6.45) is 18.6. The quantitative estimate of drug-likeness (QED) is 0.0692. The third-order valence-corrected chi connectivity index (χ3v) is 23.5. The summed E-state index contributed by atoms with van der Waals surface area (Å²) in [5.74, 6) is 3.37. The van der Waals surface area contributed by atoms with E-state index in [-0.39, 0.29) is 82.6 Å². The molecule has 14 heteroatoms. The summed E-state index contributed by atoms with van der Waals surface area (Å²) in [6, 6.07) is 0.166. The van der Waals surface area contributed by atoms with Crippen LogP contribution in [0.2, 0.25) is 0 Å². The Kier molecular flexibility index (Phi) is 15.8. The lowest BCUT2D eigenvalue weighted by Gasteiger charge is -2.62. The molecule has 8 aliphatic carbocycles. The number of aliphatic carboxylic acids is 1. The van der Waals surface area contributed by atoms with Gasteiger partial charge in [-0.15, -0.1) is 0 Å². The molecule has 0 aromatic carbocycles. The van der Waals surface area contributed by atoms with E-state index in [9.17, 15) is 42.9 Å². The number of rotatable bonds is 17. The average molecular weight is 986 g/mol. The van der Waals surface area contributed by atoms with E-state index in [1.165, 1.54) is 0 Å². The first-order valence-electron chi connectivity index (χ1n) is 27.8. The summed E-state index contributed by atoms with van der Waals surface area (Å²) in [5, 5.41) is 42.5. The highest BCUT2D eigenvalue weighted by Crippen LogP contribution is 2.70. The minimum Gasteiger partial charge on any atom is -0.481 e. The number of carboxylic acid groups (broad SMARTS) is 1. The Bertz CT molecular complexity index is 2000. The molecule has 13 nitrogen and oxygen atoms in total. The maximum atomic E-state index is 13.4. The molecule has 8 aliphatic rings. The molecule has 8 saturated carbocycles. The van der Waals surface area contributed by atoms with Gasteiger partial charge in [-0.1, -0.05) is 41.5 Å². The van der Waals surface area contributed by atoms with Crippen molar-refractivity contribution in [2.24, 2.45) is 92.7 Å². The molecule has 0 aromatic rings. The Hall–Kier alpha value is -2.29. The molecule has 69 heavy (non-hydrogen) atoms. The summed E-state index contributed by atoms with van der Waals surface area (Å²) in [6.45, 7) is 14.2. The highest BCUT2D eigenvalue weighted by atomic mass is 32.2. The maximum absolute atomic E-state index is 13.4. The number of hydrogen-bond acceptors (Lipinski definition) is 8. The molecule has 392 valence electrons. The number of carboxylic acids is 1.